The molecule has 0 fully saturated rings. The van der Waals surface area contributed by atoms with E-state index in [1.54, 1.807) is 24.3 Å². The van der Waals surface area contributed by atoms with Crippen LogP contribution in [0, 0.1) is 17.1 Å². The third-order valence-corrected chi connectivity index (χ3v) is 3.02. The molecule has 0 unspecified atom stereocenters. The van der Waals surface area contributed by atoms with Crippen molar-refractivity contribution in [2.75, 3.05) is 5.32 Å². The maximum atomic E-state index is 13.1. The van der Waals surface area contributed by atoms with Gasteiger partial charge in [0.15, 0.2) is 6.10 Å². The molecule has 0 aliphatic carbocycles. The number of benzene rings is 2. The zero-order valence-corrected chi connectivity index (χ0v) is 12.2. The van der Waals surface area contributed by atoms with Crippen LogP contribution >= 0.6 is 0 Å². The third kappa shape index (κ3) is 4.14. The molecular weight excluding hydrogens is 299 g/mol. The highest BCUT2D eigenvalue weighted by atomic mass is 19.1. The summed E-state index contributed by atoms with van der Waals surface area (Å²) >= 11 is 0. The van der Waals surface area contributed by atoms with Gasteiger partial charge in [0.2, 0.25) is 0 Å². The SMILES string of the molecule is C[C@@H](OC(=O)c1cccc(F)c1)C(=O)Nc1ccccc1C#N. The fourth-order valence-corrected chi connectivity index (χ4v) is 1.82. The summed E-state index contributed by atoms with van der Waals surface area (Å²) in [4.78, 5) is 23.9. The molecule has 0 heterocycles. The van der Waals surface area contributed by atoms with Crippen molar-refractivity contribution in [3.63, 3.8) is 0 Å². The number of nitriles is 1. The number of para-hydroxylation sites is 1. The summed E-state index contributed by atoms with van der Waals surface area (Å²) in [6.07, 6.45) is -1.10. The van der Waals surface area contributed by atoms with Gasteiger partial charge in [-0.1, -0.05) is 18.2 Å². The number of amides is 1. The number of rotatable bonds is 4. The van der Waals surface area contributed by atoms with E-state index in [-0.39, 0.29) is 5.56 Å². The van der Waals surface area contributed by atoms with Crippen molar-refractivity contribution in [3.8, 4) is 6.07 Å². The molecule has 0 aliphatic heterocycles. The lowest BCUT2D eigenvalue weighted by atomic mass is 10.2. The van der Waals surface area contributed by atoms with Gasteiger partial charge in [-0.25, -0.2) is 9.18 Å². The number of ether oxygens (including phenoxy) is 1. The van der Waals surface area contributed by atoms with E-state index in [0.717, 1.165) is 6.07 Å². The van der Waals surface area contributed by atoms with Crippen molar-refractivity contribution in [1.82, 2.24) is 0 Å². The Hall–Kier alpha value is -3.20. The number of carbonyl (C=O) groups is 2. The highest BCUT2D eigenvalue weighted by molar-refractivity contribution is 5.98. The fraction of sp³-hybridized carbons (Fsp3) is 0.118. The highest BCUT2D eigenvalue weighted by Gasteiger charge is 2.20. The van der Waals surface area contributed by atoms with E-state index < -0.39 is 23.8 Å². The minimum absolute atomic E-state index is 0.0158. The van der Waals surface area contributed by atoms with Crippen LogP contribution in [-0.4, -0.2) is 18.0 Å². The lowest BCUT2D eigenvalue weighted by molar-refractivity contribution is -0.123. The summed E-state index contributed by atoms with van der Waals surface area (Å²) in [6.45, 7) is 1.39. The fourth-order valence-electron chi connectivity index (χ4n) is 1.82. The first-order valence-electron chi connectivity index (χ1n) is 6.78. The third-order valence-electron chi connectivity index (χ3n) is 3.02. The van der Waals surface area contributed by atoms with E-state index >= 15 is 0 Å². The molecule has 0 aliphatic rings. The summed E-state index contributed by atoms with van der Waals surface area (Å²) in [5.41, 5.74) is 0.639. The first-order chi connectivity index (χ1) is 11.0. The Kier molecular flexibility index (Phi) is 5.05. The van der Waals surface area contributed by atoms with Crippen LogP contribution in [0.2, 0.25) is 0 Å². The monoisotopic (exact) mass is 312 g/mol. The first-order valence-corrected chi connectivity index (χ1v) is 6.78. The van der Waals surface area contributed by atoms with Gasteiger partial charge in [0.25, 0.3) is 5.91 Å². The molecule has 0 bridgehead atoms. The highest BCUT2D eigenvalue weighted by Crippen LogP contribution is 2.14. The predicted molar refractivity (Wildman–Crippen MR) is 81.1 cm³/mol. The van der Waals surface area contributed by atoms with Crippen LogP contribution in [0.4, 0.5) is 10.1 Å². The zero-order chi connectivity index (χ0) is 16.8. The second kappa shape index (κ2) is 7.18. The Balaban J connectivity index is 2.03. The van der Waals surface area contributed by atoms with Crippen LogP contribution < -0.4 is 5.32 Å². The molecule has 6 heteroatoms. The molecule has 1 amide bonds. The van der Waals surface area contributed by atoms with Gasteiger partial charge in [-0.2, -0.15) is 5.26 Å². The van der Waals surface area contributed by atoms with Crippen LogP contribution in [0.1, 0.15) is 22.8 Å². The molecule has 2 aromatic carbocycles. The number of halogens is 1. The van der Waals surface area contributed by atoms with Crippen molar-refractivity contribution in [2.24, 2.45) is 0 Å². The normalized spacial score (nSPS) is 11.2. The van der Waals surface area contributed by atoms with Gasteiger partial charge < -0.3 is 10.1 Å². The molecule has 2 rings (SSSR count). The van der Waals surface area contributed by atoms with Crippen molar-refractivity contribution < 1.29 is 18.7 Å². The molecule has 0 radical (unpaired) electrons. The summed E-state index contributed by atoms with van der Waals surface area (Å²) in [5.74, 6) is -1.96. The second-order valence-corrected chi connectivity index (χ2v) is 4.70. The molecule has 23 heavy (non-hydrogen) atoms. The standard InChI is InChI=1S/C17H13FN2O3/c1-11(23-17(22)12-6-4-7-14(18)9-12)16(21)20-15-8-3-2-5-13(15)10-19/h2-9,11H,1H3,(H,20,21)/t11-/m1/s1. The van der Waals surface area contributed by atoms with Crippen LogP contribution in [0.25, 0.3) is 0 Å². The molecule has 2 aromatic rings. The van der Waals surface area contributed by atoms with Crippen molar-refractivity contribution in [1.29, 1.82) is 5.26 Å². The molecule has 1 N–H and O–H groups in total. The van der Waals surface area contributed by atoms with E-state index in [9.17, 15) is 14.0 Å². The average Bonchev–Trinajstić information content (AvgIpc) is 2.55. The van der Waals surface area contributed by atoms with Gasteiger partial charge in [0.05, 0.1) is 16.8 Å². The maximum Gasteiger partial charge on any atom is 0.339 e. The van der Waals surface area contributed by atoms with E-state index in [1.807, 2.05) is 6.07 Å². The average molecular weight is 312 g/mol. The van der Waals surface area contributed by atoms with E-state index in [0.29, 0.717) is 11.3 Å². The Morgan fingerprint density at radius 3 is 2.65 bits per heavy atom. The second-order valence-electron chi connectivity index (χ2n) is 4.70. The zero-order valence-electron chi connectivity index (χ0n) is 12.2. The number of nitrogens with zero attached hydrogens (tertiary/aromatic N) is 1. The van der Waals surface area contributed by atoms with Crippen LogP contribution in [0.15, 0.2) is 48.5 Å². The molecule has 0 saturated heterocycles. The van der Waals surface area contributed by atoms with E-state index in [1.165, 1.54) is 25.1 Å². The smallest absolute Gasteiger partial charge is 0.339 e. The maximum absolute atomic E-state index is 13.1. The van der Waals surface area contributed by atoms with Crippen molar-refractivity contribution in [2.45, 2.75) is 13.0 Å². The summed E-state index contributed by atoms with van der Waals surface area (Å²) in [6, 6.07) is 13.4. The van der Waals surface area contributed by atoms with E-state index in [4.69, 9.17) is 10.00 Å². The Bertz CT molecular complexity index is 783. The largest absolute Gasteiger partial charge is 0.449 e. The van der Waals surface area contributed by atoms with Gasteiger partial charge in [-0.15, -0.1) is 0 Å². The number of esters is 1. The van der Waals surface area contributed by atoms with Gasteiger partial charge in [0, 0.05) is 0 Å². The molecule has 0 aromatic heterocycles. The lowest BCUT2D eigenvalue weighted by Gasteiger charge is -2.14. The minimum Gasteiger partial charge on any atom is -0.449 e. The topological polar surface area (TPSA) is 79.2 Å². The molecule has 116 valence electrons. The Labute approximate surface area is 132 Å². The lowest BCUT2D eigenvalue weighted by Crippen LogP contribution is -2.30. The number of hydrogen-bond acceptors (Lipinski definition) is 4. The van der Waals surface area contributed by atoms with Gasteiger partial charge in [-0.3, -0.25) is 4.79 Å². The van der Waals surface area contributed by atoms with Crippen molar-refractivity contribution >= 4 is 17.6 Å². The quantitative estimate of drug-likeness (QED) is 0.880. The molecule has 0 spiro atoms. The Morgan fingerprint density at radius 1 is 1.22 bits per heavy atom. The first kappa shape index (κ1) is 16.2. The molecule has 0 saturated carbocycles. The van der Waals surface area contributed by atoms with Crippen LogP contribution in [0.3, 0.4) is 0 Å². The number of nitrogens with one attached hydrogen (secondary N) is 1. The number of hydrogen-bond donors (Lipinski definition) is 1. The number of anilines is 1. The summed E-state index contributed by atoms with van der Waals surface area (Å²) in [7, 11) is 0. The van der Waals surface area contributed by atoms with Gasteiger partial charge in [-0.05, 0) is 37.3 Å². The Morgan fingerprint density at radius 2 is 1.96 bits per heavy atom. The molecule has 5 nitrogen and oxygen atoms in total. The summed E-state index contributed by atoms with van der Waals surface area (Å²) < 4.78 is 18.1. The minimum atomic E-state index is -1.10. The van der Waals surface area contributed by atoms with Gasteiger partial charge in [0.1, 0.15) is 11.9 Å². The molecule has 1 atom stereocenters. The van der Waals surface area contributed by atoms with Crippen LogP contribution in [0.5, 0.6) is 0 Å². The molecular formula is C17H13FN2O3. The van der Waals surface area contributed by atoms with Crippen LogP contribution in [-0.2, 0) is 9.53 Å². The summed E-state index contributed by atoms with van der Waals surface area (Å²) in [5, 5.41) is 11.5. The number of carbonyl (C=O) groups excluding carboxylic acids is 2. The van der Waals surface area contributed by atoms with Crippen molar-refractivity contribution in [3.05, 3.63) is 65.5 Å². The predicted octanol–water partition coefficient (Wildman–Crippen LogP) is 2.88. The van der Waals surface area contributed by atoms with Gasteiger partial charge >= 0.3 is 5.97 Å². The van der Waals surface area contributed by atoms with E-state index in [2.05, 4.69) is 5.32 Å².